The average molecular weight is 385 g/mol. The molecule has 25 heavy (non-hydrogen) atoms. The molecule has 1 heterocycles. The van der Waals surface area contributed by atoms with Gasteiger partial charge in [0, 0.05) is 27.7 Å². The molecule has 0 aliphatic carbocycles. The molecule has 0 bridgehead atoms. The number of hydrogen-bond donors (Lipinski definition) is 1. The average Bonchev–Trinajstić information content (AvgIpc) is 2.42. The maximum atomic E-state index is 11.3. The summed E-state index contributed by atoms with van der Waals surface area (Å²) in [5.41, 5.74) is 0. The molecule has 0 unspecified atom stereocenters. The highest BCUT2D eigenvalue weighted by molar-refractivity contribution is 5.85. The first-order valence-corrected chi connectivity index (χ1v) is 7.10. The molecule has 11 heteroatoms. The molecule has 1 rings (SSSR count). The van der Waals surface area contributed by atoms with E-state index in [0.717, 1.165) is 27.7 Å². The highest BCUT2D eigenvalue weighted by atomic mass is 35.5. The number of ether oxygens (including phenoxy) is 5. The van der Waals surface area contributed by atoms with Crippen molar-refractivity contribution in [3.63, 3.8) is 0 Å². The summed E-state index contributed by atoms with van der Waals surface area (Å²) in [5, 5.41) is 10.0. The van der Waals surface area contributed by atoms with E-state index in [1.54, 1.807) is 0 Å². The van der Waals surface area contributed by atoms with Crippen LogP contribution in [0.2, 0.25) is 0 Å². The van der Waals surface area contributed by atoms with Crippen LogP contribution < -0.4 is 0 Å². The van der Waals surface area contributed by atoms with Crippen LogP contribution in [0.25, 0.3) is 0 Å². The van der Waals surface area contributed by atoms with Crippen molar-refractivity contribution < 1.29 is 48.0 Å². The largest absolute Gasteiger partial charge is 0.463 e. The van der Waals surface area contributed by atoms with Gasteiger partial charge in [-0.05, 0) is 0 Å². The normalized spacial score (nSPS) is 28.1. The predicted molar refractivity (Wildman–Crippen MR) is 81.4 cm³/mol. The summed E-state index contributed by atoms with van der Waals surface area (Å²) in [4.78, 5) is 44.9. The number of esters is 4. The SMILES string of the molecule is CC(=O)OC[C@H]1O[C@H](O)[C@@H](OC(C)=O)[C@@H](OC(C)=O)[C@@H]1OC(C)=O.Cl. The zero-order chi connectivity index (χ0) is 18.4. The molecule has 10 nitrogen and oxygen atoms in total. The molecular weight excluding hydrogens is 364 g/mol. The van der Waals surface area contributed by atoms with Crippen molar-refractivity contribution in [2.24, 2.45) is 0 Å². The molecule has 0 radical (unpaired) electrons. The second kappa shape index (κ2) is 10.2. The lowest BCUT2D eigenvalue weighted by atomic mass is 9.98. The van der Waals surface area contributed by atoms with E-state index in [-0.39, 0.29) is 19.0 Å². The van der Waals surface area contributed by atoms with Crippen molar-refractivity contribution >= 4 is 36.3 Å². The molecule has 1 aliphatic rings. The number of aliphatic hydroxyl groups excluding tert-OH is 1. The number of aliphatic hydroxyl groups is 1. The first-order valence-electron chi connectivity index (χ1n) is 7.10. The lowest BCUT2D eigenvalue weighted by molar-refractivity contribution is -0.296. The van der Waals surface area contributed by atoms with Crippen LogP contribution in [0.15, 0.2) is 0 Å². The summed E-state index contributed by atoms with van der Waals surface area (Å²) in [6.07, 6.45) is -6.79. The van der Waals surface area contributed by atoms with E-state index >= 15 is 0 Å². The van der Waals surface area contributed by atoms with Crippen LogP contribution in [0.4, 0.5) is 0 Å². The molecule has 1 N–H and O–H groups in total. The summed E-state index contributed by atoms with van der Waals surface area (Å²) in [7, 11) is 0. The van der Waals surface area contributed by atoms with Crippen molar-refractivity contribution in [1.82, 2.24) is 0 Å². The van der Waals surface area contributed by atoms with Gasteiger partial charge in [-0.2, -0.15) is 0 Å². The third kappa shape index (κ3) is 7.24. The molecule has 0 aromatic rings. The molecule has 1 aliphatic heterocycles. The fraction of sp³-hybridized carbons (Fsp3) is 0.714. The van der Waals surface area contributed by atoms with Crippen molar-refractivity contribution in [3.8, 4) is 0 Å². The molecule has 5 atom stereocenters. The van der Waals surface area contributed by atoms with E-state index in [9.17, 15) is 24.3 Å². The van der Waals surface area contributed by atoms with Crippen molar-refractivity contribution in [2.75, 3.05) is 6.61 Å². The Morgan fingerprint density at radius 1 is 0.800 bits per heavy atom. The van der Waals surface area contributed by atoms with Crippen molar-refractivity contribution in [1.29, 1.82) is 0 Å². The molecule has 0 aromatic heterocycles. The van der Waals surface area contributed by atoms with Crippen LogP contribution in [0.5, 0.6) is 0 Å². The second-order valence-electron chi connectivity index (χ2n) is 5.09. The Hall–Kier alpha value is -1.91. The van der Waals surface area contributed by atoms with Crippen LogP contribution in [-0.4, -0.2) is 66.3 Å². The van der Waals surface area contributed by atoms with Gasteiger partial charge < -0.3 is 28.8 Å². The van der Waals surface area contributed by atoms with Crippen molar-refractivity contribution in [2.45, 2.75) is 58.4 Å². The summed E-state index contributed by atoms with van der Waals surface area (Å²) < 4.78 is 25.0. The highest BCUT2D eigenvalue weighted by Crippen LogP contribution is 2.28. The van der Waals surface area contributed by atoms with Gasteiger partial charge in [-0.15, -0.1) is 12.4 Å². The molecule has 144 valence electrons. The van der Waals surface area contributed by atoms with Gasteiger partial charge in [-0.3, -0.25) is 19.2 Å². The second-order valence-corrected chi connectivity index (χ2v) is 5.09. The van der Waals surface area contributed by atoms with E-state index in [4.69, 9.17) is 23.7 Å². The third-order valence-electron chi connectivity index (χ3n) is 2.97. The monoisotopic (exact) mass is 384 g/mol. The van der Waals surface area contributed by atoms with Gasteiger partial charge >= 0.3 is 23.9 Å². The minimum atomic E-state index is -1.68. The van der Waals surface area contributed by atoms with Gasteiger partial charge in [-0.25, -0.2) is 0 Å². The van der Waals surface area contributed by atoms with Crippen LogP contribution in [0.1, 0.15) is 27.7 Å². The van der Waals surface area contributed by atoms with Gasteiger partial charge in [-0.1, -0.05) is 0 Å². The third-order valence-corrected chi connectivity index (χ3v) is 2.97. The maximum absolute atomic E-state index is 11.3. The Labute approximate surface area is 150 Å². The first-order chi connectivity index (χ1) is 11.1. The van der Waals surface area contributed by atoms with E-state index in [1.807, 2.05) is 0 Å². The zero-order valence-electron chi connectivity index (χ0n) is 14.1. The minimum Gasteiger partial charge on any atom is -0.463 e. The predicted octanol–water partition coefficient (Wildman–Crippen LogP) is -0.516. The van der Waals surface area contributed by atoms with Gasteiger partial charge in [0.2, 0.25) is 0 Å². The molecule has 0 saturated carbocycles. The summed E-state index contributed by atoms with van der Waals surface area (Å²) in [6, 6.07) is 0. The number of carbonyl (C=O) groups excluding carboxylic acids is 4. The number of hydrogen-bond acceptors (Lipinski definition) is 10. The summed E-state index contributed by atoms with van der Waals surface area (Å²) in [5.74, 6) is -2.87. The molecular formula is C14H21ClO10. The topological polar surface area (TPSA) is 135 Å². The molecule has 0 aromatic carbocycles. The fourth-order valence-electron chi connectivity index (χ4n) is 2.21. The van der Waals surface area contributed by atoms with E-state index < -0.39 is 54.6 Å². The van der Waals surface area contributed by atoms with Gasteiger partial charge in [0.25, 0.3) is 0 Å². The van der Waals surface area contributed by atoms with E-state index in [2.05, 4.69) is 0 Å². The quantitative estimate of drug-likeness (QED) is 0.487. The van der Waals surface area contributed by atoms with E-state index in [1.165, 1.54) is 0 Å². The standard InChI is InChI=1S/C14H20O10.ClH/c1-6(15)20-5-10-11(21-7(2)16)12(22-8(3)17)13(14(19)24-10)23-9(4)18;/h10-14,19H,5H2,1-4H3;1H/t10-,11-,12+,13+,14+;/m1./s1. The number of halogens is 1. The fourth-order valence-corrected chi connectivity index (χ4v) is 2.21. The lowest BCUT2D eigenvalue weighted by Gasteiger charge is -2.42. The number of rotatable bonds is 5. The van der Waals surface area contributed by atoms with Crippen LogP contribution >= 0.6 is 12.4 Å². The zero-order valence-corrected chi connectivity index (χ0v) is 14.9. The molecule has 1 saturated heterocycles. The summed E-state index contributed by atoms with van der Waals surface area (Å²) >= 11 is 0. The van der Waals surface area contributed by atoms with Crippen LogP contribution in [-0.2, 0) is 42.9 Å². The first kappa shape index (κ1) is 23.1. The van der Waals surface area contributed by atoms with Crippen LogP contribution in [0.3, 0.4) is 0 Å². The Balaban J connectivity index is 0.00000576. The molecule has 1 fully saturated rings. The van der Waals surface area contributed by atoms with Gasteiger partial charge in [0.15, 0.2) is 24.6 Å². The molecule has 0 spiro atoms. The Bertz CT molecular complexity index is 508. The minimum absolute atomic E-state index is 0. The Kier molecular flexibility index (Phi) is 9.39. The van der Waals surface area contributed by atoms with E-state index in [0.29, 0.717) is 0 Å². The molecule has 0 amide bonds. The highest BCUT2D eigenvalue weighted by Gasteiger charge is 2.51. The van der Waals surface area contributed by atoms with Crippen molar-refractivity contribution in [3.05, 3.63) is 0 Å². The Morgan fingerprint density at radius 2 is 1.24 bits per heavy atom. The van der Waals surface area contributed by atoms with Gasteiger partial charge in [0.05, 0.1) is 0 Å². The van der Waals surface area contributed by atoms with Crippen LogP contribution in [0, 0.1) is 0 Å². The maximum Gasteiger partial charge on any atom is 0.303 e. The Morgan fingerprint density at radius 3 is 1.68 bits per heavy atom. The van der Waals surface area contributed by atoms with Gasteiger partial charge in [0.1, 0.15) is 12.7 Å². The lowest BCUT2D eigenvalue weighted by Crippen LogP contribution is -2.62. The smallest absolute Gasteiger partial charge is 0.303 e. The number of carbonyl (C=O) groups is 4. The summed E-state index contributed by atoms with van der Waals surface area (Å²) in [6.45, 7) is 4.09.